The summed E-state index contributed by atoms with van der Waals surface area (Å²) in [5.74, 6) is 0.250. The number of halogens is 3. The van der Waals surface area contributed by atoms with Crippen molar-refractivity contribution in [2.75, 3.05) is 45.8 Å². The first kappa shape index (κ1) is 19.4. The number of carbonyl (C=O) groups is 1. The normalized spacial score (nSPS) is 19.8. The van der Waals surface area contributed by atoms with E-state index in [0.717, 1.165) is 38.6 Å². The SMILES string of the molecule is Cl.O=C(c1ccc(F)cc1Cl)N1CCN(CC2CCNCC2)CC1. The van der Waals surface area contributed by atoms with Crippen LogP contribution in [-0.4, -0.2) is 61.5 Å². The minimum Gasteiger partial charge on any atom is -0.336 e. The number of hydrogen-bond acceptors (Lipinski definition) is 3. The minimum atomic E-state index is -0.418. The monoisotopic (exact) mass is 375 g/mol. The standard InChI is InChI=1S/C17H23ClFN3O.ClH/c18-16-11-14(19)1-2-15(16)17(23)22-9-7-21(8-10-22)12-13-3-5-20-6-4-13;/h1-2,11,13,20H,3-10,12H2;1H. The molecule has 4 nitrogen and oxygen atoms in total. The van der Waals surface area contributed by atoms with Crippen molar-refractivity contribution in [2.24, 2.45) is 5.92 Å². The number of nitrogens with zero attached hydrogens (tertiary/aromatic N) is 2. The van der Waals surface area contributed by atoms with E-state index in [1.165, 1.54) is 31.0 Å². The molecule has 0 saturated carbocycles. The molecule has 0 spiro atoms. The Morgan fingerprint density at radius 2 is 1.88 bits per heavy atom. The number of carbonyl (C=O) groups excluding carboxylic acids is 1. The van der Waals surface area contributed by atoms with Crippen LogP contribution < -0.4 is 5.32 Å². The Hall–Kier alpha value is -0.880. The molecule has 2 aliphatic rings. The topological polar surface area (TPSA) is 35.6 Å². The van der Waals surface area contributed by atoms with Gasteiger partial charge in [-0.2, -0.15) is 0 Å². The van der Waals surface area contributed by atoms with Crippen molar-refractivity contribution in [1.82, 2.24) is 15.1 Å². The second-order valence-corrected chi connectivity index (χ2v) is 6.82. The number of hydrogen-bond donors (Lipinski definition) is 1. The van der Waals surface area contributed by atoms with E-state index in [0.29, 0.717) is 18.7 Å². The van der Waals surface area contributed by atoms with E-state index in [1.807, 2.05) is 4.90 Å². The summed E-state index contributed by atoms with van der Waals surface area (Å²) < 4.78 is 13.1. The number of piperidine rings is 1. The van der Waals surface area contributed by atoms with Crippen molar-refractivity contribution < 1.29 is 9.18 Å². The van der Waals surface area contributed by atoms with Crippen molar-refractivity contribution in [2.45, 2.75) is 12.8 Å². The van der Waals surface area contributed by atoms with Crippen LogP contribution in [-0.2, 0) is 0 Å². The van der Waals surface area contributed by atoms with Gasteiger partial charge in [-0.3, -0.25) is 9.69 Å². The van der Waals surface area contributed by atoms with Crippen LogP contribution in [0.4, 0.5) is 4.39 Å². The lowest BCUT2D eigenvalue weighted by Crippen LogP contribution is -2.50. The van der Waals surface area contributed by atoms with Crippen LogP contribution in [0.2, 0.25) is 5.02 Å². The van der Waals surface area contributed by atoms with Gasteiger partial charge in [0.25, 0.3) is 5.91 Å². The molecule has 2 saturated heterocycles. The first-order chi connectivity index (χ1) is 11.1. The molecular weight excluding hydrogens is 352 g/mol. The number of nitrogens with one attached hydrogen (secondary N) is 1. The van der Waals surface area contributed by atoms with Crippen LogP contribution in [0.1, 0.15) is 23.2 Å². The van der Waals surface area contributed by atoms with Crippen LogP contribution in [0, 0.1) is 11.7 Å². The fourth-order valence-corrected chi connectivity index (χ4v) is 3.64. The molecule has 3 rings (SSSR count). The molecule has 134 valence electrons. The third-order valence-corrected chi connectivity index (χ3v) is 5.11. The van der Waals surface area contributed by atoms with E-state index in [9.17, 15) is 9.18 Å². The van der Waals surface area contributed by atoms with Gasteiger partial charge in [-0.05, 0) is 50.0 Å². The fraction of sp³-hybridized carbons (Fsp3) is 0.588. The zero-order valence-electron chi connectivity index (χ0n) is 13.6. The van der Waals surface area contributed by atoms with Crippen LogP contribution in [0.25, 0.3) is 0 Å². The molecule has 1 aromatic carbocycles. The van der Waals surface area contributed by atoms with Gasteiger partial charge in [0.2, 0.25) is 0 Å². The van der Waals surface area contributed by atoms with Crippen LogP contribution in [0.5, 0.6) is 0 Å². The summed E-state index contributed by atoms with van der Waals surface area (Å²) in [4.78, 5) is 16.8. The van der Waals surface area contributed by atoms with Gasteiger partial charge in [-0.25, -0.2) is 4.39 Å². The van der Waals surface area contributed by atoms with Crippen molar-refractivity contribution in [3.63, 3.8) is 0 Å². The lowest BCUT2D eigenvalue weighted by Gasteiger charge is -2.37. The molecule has 0 aliphatic carbocycles. The Morgan fingerprint density at radius 3 is 2.50 bits per heavy atom. The lowest BCUT2D eigenvalue weighted by atomic mass is 9.97. The highest BCUT2D eigenvalue weighted by atomic mass is 35.5. The summed E-state index contributed by atoms with van der Waals surface area (Å²) in [7, 11) is 0. The molecule has 2 fully saturated rings. The zero-order valence-corrected chi connectivity index (χ0v) is 15.2. The average Bonchev–Trinajstić information content (AvgIpc) is 2.56. The van der Waals surface area contributed by atoms with E-state index in [-0.39, 0.29) is 23.3 Å². The summed E-state index contributed by atoms with van der Waals surface area (Å²) in [6.07, 6.45) is 2.48. The third kappa shape index (κ3) is 4.82. The van der Waals surface area contributed by atoms with Gasteiger partial charge < -0.3 is 10.2 Å². The van der Waals surface area contributed by atoms with Gasteiger partial charge in [0.05, 0.1) is 10.6 Å². The molecule has 1 aromatic rings. The highest BCUT2D eigenvalue weighted by Gasteiger charge is 2.25. The Bertz CT molecular complexity index is 559. The minimum absolute atomic E-state index is 0. The van der Waals surface area contributed by atoms with Crippen molar-refractivity contribution in [3.8, 4) is 0 Å². The lowest BCUT2D eigenvalue weighted by molar-refractivity contribution is 0.0608. The Kier molecular flexibility index (Phi) is 7.29. The van der Waals surface area contributed by atoms with E-state index in [2.05, 4.69) is 10.2 Å². The summed E-state index contributed by atoms with van der Waals surface area (Å²) in [5, 5.41) is 3.58. The van der Waals surface area contributed by atoms with E-state index in [1.54, 1.807) is 0 Å². The molecule has 7 heteroatoms. The molecule has 2 aliphatic heterocycles. The average molecular weight is 376 g/mol. The van der Waals surface area contributed by atoms with Gasteiger partial charge in [0.15, 0.2) is 0 Å². The molecule has 2 heterocycles. The molecule has 0 atom stereocenters. The van der Waals surface area contributed by atoms with E-state index >= 15 is 0 Å². The summed E-state index contributed by atoms with van der Waals surface area (Å²) in [5.41, 5.74) is 0.389. The Balaban J connectivity index is 0.00000208. The summed E-state index contributed by atoms with van der Waals surface area (Å²) >= 11 is 6.00. The third-order valence-electron chi connectivity index (χ3n) is 4.80. The quantitative estimate of drug-likeness (QED) is 0.881. The predicted octanol–water partition coefficient (Wildman–Crippen LogP) is 2.66. The van der Waals surface area contributed by atoms with Gasteiger partial charge in [0, 0.05) is 32.7 Å². The smallest absolute Gasteiger partial charge is 0.255 e. The van der Waals surface area contributed by atoms with Gasteiger partial charge >= 0.3 is 0 Å². The van der Waals surface area contributed by atoms with Crippen LogP contribution >= 0.6 is 24.0 Å². The Morgan fingerprint density at radius 1 is 1.21 bits per heavy atom. The van der Waals surface area contributed by atoms with Gasteiger partial charge in [0.1, 0.15) is 5.82 Å². The second-order valence-electron chi connectivity index (χ2n) is 6.41. The fourth-order valence-electron chi connectivity index (χ4n) is 3.40. The number of benzene rings is 1. The molecule has 1 amide bonds. The maximum Gasteiger partial charge on any atom is 0.255 e. The maximum atomic E-state index is 13.1. The van der Waals surface area contributed by atoms with Crippen molar-refractivity contribution in [1.29, 1.82) is 0 Å². The first-order valence-electron chi connectivity index (χ1n) is 8.31. The zero-order chi connectivity index (χ0) is 16.2. The largest absolute Gasteiger partial charge is 0.336 e. The van der Waals surface area contributed by atoms with Crippen LogP contribution in [0.15, 0.2) is 18.2 Å². The van der Waals surface area contributed by atoms with E-state index in [4.69, 9.17) is 11.6 Å². The first-order valence-corrected chi connectivity index (χ1v) is 8.68. The predicted molar refractivity (Wildman–Crippen MR) is 96.6 cm³/mol. The second kappa shape index (κ2) is 8.99. The molecule has 24 heavy (non-hydrogen) atoms. The van der Waals surface area contributed by atoms with Crippen molar-refractivity contribution >= 4 is 29.9 Å². The molecule has 0 bridgehead atoms. The van der Waals surface area contributed by atoms with E-state index < -0.39 is 5.82 Å². The number of rotatable bonds is 3. The summed E-state index contributed by atoms with van der Waals surface area (Å²) in [6, 6.07) is 3.95. The Labute approximate surface area is 153 Å². The molecule has 0 unspecified atom stereocenters. The highest BCUT2D eigenvalue weighted by molar-refractivity contribution is 6.33. The van der Waals surface area contributed by atoms with Gasteiger partial charge in [-0.1, -0.05) is 11.6 Å². The molecule has 0 aromatic heterocycles. The van der Waals surface area contributed by atoms with Crippen LogP contribution in [0.3, 0.4) is 0 Å². The molecule has 1 N–H and O–H groups in total. The number of amides is 1. The number of piperazine rings is 1. The highest BCUT2D eigenvalue weighted by Crippen LogP contribution is 2.20. The maximum absolute atomic E-state index is 13.1. The van der Waals surface area contributed by atoms with Crippen molar-refractivity contribution in [3.05, 3.63) is 34.6 Å². The summed E-state index contributed by atoms with van der Waals surface area (Å²) in [6.45, 7) is 6.57. The molecule has 0 radical (unpaired) electrons. The van der Waals surface area contributed by atoms with Gasteiger partial charge in [-0.15, -0.1) is 12.4 Å². The molecular formula is C17H24Cl2FN3O.